The van der Waals surface area contributed by atoms with Gasteiger partial charge in [-0.1, -0.05) is 30.3 Å². The van der Waals surface area contributed by atoms with Crippen LogP contribution in [0.1, 0.15) is 24.8 Å². The number of rotatable bonds is 5. The molecule has 15 heavy (non-hydrogen) atoms. The molecule has 0 heterocycles. The van der Waals surface area contributed by atoms with Crippen LogP contribution in [-0.4, -0.2) is 17.3 Å². The Morgan fingerprint density at radius 1 is 1.40 bits per heavy atom. The fraction of sp³-hybridized carbons (Fsp3) is 0.364. The van der Waals surface area contributed by atoms with Gasteiger partial charge in [-0.2, -0.15) is 0 Å². The van der Waals surface area contributed by atoms with Gasteiger partial charge in [-0.25, -0.2) is 0 Å². The van der Waals surface area contributed by atoms with E-state index in [9.17, 15) is 14.9 Å². The third-order valence-corrected chi connectivity index (χ3v) is 2.17. The van der Waals surface area contributed by atoms with Gasteiger partial charge in [0.05, 0.1) is 5.92 Å². The standard InChI is InChI=1S/C11H13NO3/c1-9(13)7-11(8-12(14)15)10-5-3-2-4-6-10/h2-6,11H,7-8H2,1H3. The minimum Gasteiger partial charge on any atom is -0.300 e. The van der Waals surface area contributed by atoms with E-state index >= 15 is 0 Å². The SMILES string of the molecule is CC(=O)CC(C[N+](=O)[O-])c1ccccc1. The molecule has 0 fully saturated rings. The summed E-state index contributed by atoms with van der Waals surface area (Å²) in [5.74, 6) is -0.329. The van der Waals surface area contributed by atoms with Crippen molar-refractivity contribution < 1.29 is 9.72 Å². The highest BCUT2D eigenvalue weighted by atomic mass is 16.6. The lowest BCUT2D eigenvalue weighted by molar-refractivity contribution is -0.483. The fourth-order valence-electron chi connectivity index (χ4n) is 1.54. The van der Waals surface area contributed by atoms with Crippen LogP contribution in [0, 0.1) is 10.1 Å². The zero-order valence-electron chi connectivity index (χ0n) is 8.55. The molecule has 0 radical (unpaired) electrons. The summed E-state index contributed by atoms with van der Waals surface area (Å²) in [5.41, 5.74) is 0.851. The summed E-state index contributed by atoms with van der Waals surface area (Å²) >= 11 is 0. The van der Waals surface area contributed by atoms with Crippen LogP contribution >= 0.6 is 0 Å². The molecule has 0 aliphatic heterocycles. The number of hydrogen-bond acceptors (Lipinski definition) is 3. The molecule has 0 N–H and O–H groups in total. The second-order valence-electron chi connectivity index (χ2n) is 3.53. The normalized spacial score (nSPS) is 12.1. The van der Waals surface area contributed by atoms with E-state index in [1.807, 2.05) is 30.3 Å². The minimum atomic E-state index is -0.374. The number of carbonyl (C=O) groups excluding carboxylic acids is 1. The third kappa shape index (κ3) is 3.89. The quantitative estimate of drug-likeness (QED) is 0.548. The van der Waals surface area contributed by atoms with E-state index in [2.05, 4.69) is 0 Å². The van der Waals surface area contributed by atoms with E-state index in [0.717, 1.165) is 5.56 Å². The van der Waals surface area contributed by atoms with Gasteiger partial charge in [0.15, 0.2) is 0 Å². The highest BCUT2D eigenvalue weighted by Gasteiger charge is 2.19. The maximum absolute atomic E-state index is 11.0. The molecule has 4 nitrogen and oxygen atoms in total. The van der Waals surface area contributed by atoms with E-state index in [-0.39, 0.29) is 29.6 Å². The van der Waals surface area contributed by atoms with Crippen molar-refractivity contribution in [3.63, 3.8) is 0 Å². The molecule has 1 atom stereocenters. The van der Waals surface area contributed by atoms with Crippen LogP contribution in [0.3, 0.4) is 0 Å². The molecule has 0 saturated carbocycles. The second-order valence-corrected chi connectivity index (χ2v) is 3.53. The van der Waals surface area contributed by atoms with Gasteiger partial charge >= 0.3 is 0 Å². The van der Waals surface area contributed by atoms with Crippen molar-refractivity contribution in [1.82, 2.24) is 0 Å². The number of Topliss-reactive ketones (excluding diaryl/α,β-unsaturated/α-hetero) is 1. The number of nitrogens with zero attached hydrogens (tertiary/aromatic N) is 1. The van der Waals surface area contributed by atoms with Crippen LogP contribution in [-0.2, 0) is 4.79 Å². The molecule has 1 unspecified atom stereocenters. The van der Waals surface area contributed by atoms with Gasteiger partial charge in [0, 0.05) is 11.3 Å². The van der Waals surface area contributed by atoms with Gasteiger partial charge in [0.25, 0.3) is 0 Å². The lowest BCUT2D eigenvalue weighted by Gasteiger charge is -2.10. The van der Waals surface area contributed by atoms with Crippen molar-refractivity contribution in [3.05, 3.63) is 46.0 Å². The molecule has 0 spiro atoms. The molecule has 80 valence electrons. The first-order valence-electron chi connectivity index (χ1n) is 4.75. The molecule has 1 aromatic rings. The monoisotopic (exact) mass is 207 g/mol. The molecule has 0 saturated heterocycles. The lowest BCUT2D eigenvalue weighted by Crippen LogP contribution is -2.15. The van der Waals surface area contributed by atoms with Gasteiger partial charge in [0.1, 0.15) is 5.78 Å². The summed E-state index contributed by atoms with van der Waals surface area (Å²) in [4.78, 5) is 21.1. The van der Waals surface area contributed by atoms with Crippen LogP contribution in [0.25, 0.3) is 0 Å². The number of nitro groups is 1. The zero-order chi connectivity index (χ0) is 11.3. The van der Waals surface area contributed by atoms with E-state index in [0.29, 0.717) is 0 Å². The molecular formula is C11H13NO3. The summed E-state index contributed by atoms with van der Waals surface area (Å²) < 4.78 is 0. The van der Waals surface area contributed by atoms with E-state index in [4.69, 9.17) is 0 Å². The Labute approximate surface area is 88.1 Å². The van der Waals surface area contributed by atoms with Crippen molar-refractivity contribution in [1.29, 1.82) is 0 Å². The average Bonchev–Trinajstić information content (AvgIpc) is 2.17. The Hall–Kier alpha value is -1.71. The van der Waals surface area contributed by atoms with Crippen LogP contribution < -0.4 is 0 Å². The summed E-state index contributed by atoms with van der Waals surface area (Å²) in [6, 6.07) is 9.12. The number of hydrogen-bond donors (Lipinski definition) is 0. The van der Waals surface area contributed by atoms with Crippen LogP contribution in [0.4, 0.5) is 0 Å². The van der Waals surface area contributed by atoms with Gasteiger partial charge in [-0.15, -0.1) is 0 Å². The Bertz CT molecular complexity index is 332. The molecule has 0 bridgehead atoms. The summed E-state index contributed by atoms with van der Waals surface area (Å²) in [7, 11) is 0. The van der Waals surface area contributed by atoms with Crippen LogP contribution in [0.15, 0.2) is 30.3 Å². The van der Waals surface area contributed by atoms with Crippen molar-refractivity contribution >= 4 is 5.78 Å². The first-order chi connectivity index (χ1) is 7.09. The molecule has 0 aliphatic carbocycles. The molecule has 4 heteroatoms. The first-order valence-corrected chi connectivity index (χ1v) is 4.75. The molecule has 0 amide bonds. The van der Waals surface area contributed by atoms with Gasteiger partial charge in [0.2, 0.25) is 6.54 Å². The van der Waals surface area contributed by atoms with E-state index in [1.54, 1.807) is 0 Å². The maximum atomic E-state index is 11.0. The predicted molar refractivity (Wildman–Crippen MR) is 56.3 cm³/mol. The van der Waals surface area contributed by atoms with E-state index in [1.165, 1.54) is 6.92 Å². The second kappa shape index (κ2) is 5.24. The topological polar surface area (TPSA) is 60.2 Å². The largest absolute Gasteiger partial charge is 0.300 e. The van der Waals surface area contributed by atoms with Gasteiger partial charge < -0.3 is 4.79 Å². The maximum Gasteiger partial charge on any atom is 0.211 e. The average molecular weight is 207 g/mol. The van der Waals surface area contributed by atoms with Crippen LogP contribution in [0.5, 0.6) is 0 Å². The van der Waals surface area contributed by atoms with Gasteiger partial charge in [-0.3, -0.25) is 10.1 Å². The minimum absolute atomic E-state index is 0.0225. The van der Waals surface area contributed by atoms with Gasteiger partial charge in [-0.05, 0) is 12.5 Å². The Balaban J connectivity index is 2.81. The van der Waals surface area contributed by atoms with Crippen LogP contribution in [0.2, 0.25) is 0 Å². The third-order valence-electron chi connectivity index (χ3n) is 2.17. The number of carbonyl (C=O) groups is 1. The Morgan fingerprint density at radius 3 is 2.47 bits per heavy atom. The van der Waals surface area contributed by atoms with Crippen molar-refractivity contribution in [2.75, 3.05) is 6.54 Å². The zero-order valence-corrected chi connectivity index (χ0v) is 8.55. The van der Waals surface area contributed by atoms with E-state index < -0.39 is 0 Å². The fourth-order valence-corrected chi connectivity index (χ4v) is 1.54. The smallest absolute Gasteiger partial charge is 0.211 e. The predicted octanol–water partition coefficient (Wildman–Crippen LogP) is 2.03. The Morgan fingerprint density at radius 2 is 2.00 bits per heavy atom. The summed E-state index contributed by atoms with van der Waals surface area (Å²) in [5, 5.41) is 10.5. The van der Waals surface area contributed by atoms with Crippen molar-refractivity contribution in [2.24, 2.45) is 0 Å². The molecule has 0 aromatic heterocycles. The summed E-state index contributed by atoms with van der Waals surface area (Å²) in [6.45, 7) is 1.26. The number of ketones is 1. The summed E-state index contributed by atoms with van der Waals surface area (Å²) in [6.07, 6.45) is 0.227. The highest BCUT2D eigenvalue weighted by molar-refractivity contribution is 5.76. The molecule has 1 aromatic carbocycles. The Kier molecular flexibility index (Phi) is 3.97. The molecule has 0 aliphatic rings. The molecular weight excluding hydrogens is 194 g/mol. The van der Waals surface area contributed by atoms with Crippen molar-refractivity contribution in [3.8, 4) is 0 Å². The first kappa shape index (κ1) is 11.4. The lowest BCUT2D eigenvalue weighted by atomic mass is 9.94. The van der Waals surface area contributed by atoms with Crippen molar-refractivity contribution in [2.45, 2.75) is 19.3 Å². The number of benzene rings is 1. The highest BCUT2D eigenvalue weighted by Crippen LogP contribution is 2.19. The molecule has 1 rings (SSSR count).